The predicted molar refractivity (Wildman–Crippen MR) is 143 cm³/mol. The van der Waals surface area contributed by atoms with Crippen LogP contribution in [0.3, 0.4) is 0 Å². The zero-order valence-electron chi connectivity index (χ0n) is 21.8. The van der Waals surface area contributed by atoms with E-state index in [9.17, 15) is 22.8 Å². The molecule has 0 saturated carbocycles. The Bertz CT molecular complexity index is 1430. The Balaban J connectivity index is 1.64. The Hall–Kier alpha value is -4.09. The Kier molecular flexibility index (Phi) is 6.96. The topological polar surface area (TPSA) is 86.6 Å². The molecule has 2 aromatic heterocycles. The number of amides is 2. The molecule has 4 heterocycles. The maximum absolute atomic E-state index is 13.2. The molecule has 0 unspecified atom stereocenters. The second-order valence-corrected chi connectivity index (χ2v) is 9.97. The van der Waals surface area contributed by atoms with Crippen molar-refractivity contribution in [2.45, 2.75) is 31.5 Å². The molecule has 9 nitrogen and oxygen atoms in total. The number of rotatable bonds is 4. The molecule has 2 amide bonds. The van der Waals surface area contributed by atoms with Gasteiger partial charge in [-0.3, -0.25) is 19.9 Å². The average Bonchev–Trinajstić information content (AvgIpc) is 3.10. The molecule has 0 aliphatic carbocycles. The minimum absolute atomic E-state index is 0.174. The van der Waals surface area contributed by atoms with E-state index in [1.165, 1.54) is 12.1 Å². The highest BCUT2D eigenvalue weighted by Gasteiger charge is 2.34. The molecule has 0 radical (unpaired) electrons. The lowest BCUT2D eigenvalue weighted by molar-refractivity contribution is -0.141. The maximum atomic E-state index is 13.2. The van der Waals surface area contributed by atoms with Crippen LogP contribution in [0.15, 0.2) is 43.1 Å². The maximum Gasteiger partial charge on any atom is 0.433 e. The molecule has 1 N–H and O–H groups in total. The van der Waals surface area contributed by atoms with E-state index in [0.29, 0.717) is 18.6 Å². The lowest BCUT2D eigenvalue weighted by Crippen LogP contribution is -2.37. The lowest BCUT2D eigenvalue weighted by Gasteiger charge is -2.36. The van der Waals surface area contributed by atoms with Crippen molar-refractivity contribution in [2.24, 2.45) is 0 Å². The highest BCUT2D eigenvalue weighted by atomic mass is 19.4. The summed E-state index contributed by atoms with van der Waals surface area (Å²) in [6.07, 6.45) is -0.0209. The van der Waals surface area contributed by atoms with Gasteiger partial charge >= 0.3 is 6.18 Å². The third kappa shape index (κ3) is 5.02. The number of hydrogen-bond donors (Lipinski definition) is 1. The number of nitrogens with zero attached hydrogens (tertiary/aromatic N) is 6. The van der Waals surface area contributed by atoms with E-state index in [2.05, 4.69) is 26.7 Å². The van der Waals surface area contributed by atoms with Crippen LogP contribution in [0.2, 0.25) is 0 Å². The van der Waals surface area contributed by atoms with Crippen molar-refractivity contribution in [3.05, 3.63) is 54.4 Å². The van der Waals surface area contributed by atoms with Crippen LogP contribution in [0.25, 0.3) is 11.0 Å². The molecule has 0 bridgehead atoms. The summed E-state index contributed by atoms with van der Waals surface area (Å²) in [6.45, 7) is 6.22. The fourth-order valence-electron chi connectivity index (χ4n) is 5.38. The van der Waals surface area contributed by atoms with Gasteiger partial charge in [-0.25, -0.2) is 4.98 Å². The first kappa shape index (κ1) is 26.5. The zero-order chi connectivity index (χ0) is 27.9. The van der Waals surface area contributed by atoms with Crippen LogP contribution < -0.4 is 15.1 Å². The number of pyridine rings is 1. The van der Waals surface area contributed by atoms with Crippen molar-refractivity contribution in [3.8, 4) is 0 Å². The van der Waals surface area contributed by atoms with Crippen molar-refractivity contribution >= 4 is 40.2 Å². The monoisotopic (exact) mass is 541 g/mol. The number of likely N-dealkylation sites (tertiary alicyclic amines) is 1. The Morgan fingerprint density at radius 3 is 2.62 bits per heavy atom. The summed E-state index contributed by atoms with van der Waals surface area (Å²) in [4.78, 5) is 40.0. The summed E-state index contributed by atoms with van der Waals surface area (Å²) in [5, 5.41) is 2.77. The van der Waals surface area contributed by atoms with Gasteiger partial charge in [-0.05, 0) is 49.6 Å². The fourth-order valence-corrected chi connectivity index (χ4v) is 5.38. The number of carbonyl (C=O) groups excluding carboxylic acids is 2. The number of halogens is 3. The standard InChI is InChI=1S/C27H30F3N7O2/c1-4-22(38)36-12-6-5-7-18(16-36)37-23-19(8-9-20-24(23)35(3)14-13-34(20)2)32-26(37)33-25(39)17-10-11-31-21(15-17)27(28,29)30/h4,8-11,15,18H,1,5-7,12-14,16H2,2-3H3,(H,32,33,39)/t18-/m1/s1. The van der Waals surface area contributed by atoms with Crippen molar-refractivity contribution in [3.63, 3.8) is 0 Å². The summed E-state index contributed by atoms with van der Waals surface area (Å²) in [7, 11) is 4.01. The van der Waals surface area contributed by atoms with Gasteiger partial charge < -0.3 is 19.3 Å². The molecule has 1 atom stereocenters. The highest BCUT2D eigenvalue weighted by molar-refractivity contribution is 6.05. The predicted octanol–water partition coefficient (Wildman–Crippen LogP) is 4.33. The molecule has 206 valence electrons. The van der Waals surface area contributed by atoms with Crippen LogP contribution in [0.4, 0.5) is 30.5 Å². The molecule has 3 aromatic rings. The smallest absolute Gasteiger partial charge is 0.371 e. The number of imidazole rings is 1. The molecule has 2 aliphatic heterocycles. The Morgan fingerprint density at radius 1 is 1.10 bits per heavy atom. The number of anilines is 3. The molecular formula is C27H30F3N7O2. The highest BCUT2D eigenvalue weighted by Crippen LogP contribution is 2.42. The molecule has 2 aliphatic rings. The first-order valence-corrected chi connectivity index (χ1v) is 12.8. The van der Waals surface area contributed by atoms with Gasteiger partial charge in [0.2, 0.25) is 11.9 Å². The van der Waals surface area contributed by atoms with Gasteiger partial charge in [0.1, 0.15) is 5.69 Å². The number of carbonyl (C=O) groups is 2. The van der Waals surface area contributed by atoms with E-state index in [1.54, 1.807) is 4.90 Å². The summed E-state index contributed by atoms with van der Waals surface area (Å²) in [5.74, 6) is -0.688. The minimum atomic E-state index is -4.68. The van der Waals surface area contributed by atoms with E-state index in [-0.39, 0.29) is 23.5 Å². The minimum Gasteiger partial charge on any atom is -0.371 e. The molecule has 1 aromatic carbocycles. The first-order valence-electron chi connectivity index (χ1n) is 12.8. The molecule has 12 heteroatoms. The van der Waals surface area contributed by atoms with E-state index >= 15 is 0 Å². The number of fused-ring (bicyclic) bond motifs is 3. The van der Waals surface area contributed by atoms with Crippen LogP contribution in [-0.2, 0) is 11.0 Å². The van der Waals surface area contributed by atoms with E-state index in [1.807, 2.05) is 30.8 Å². The quantitative estimate of drug-likeness (QED) is 0.495. The van der Waals surface area contributed by atoms with Crippen LogP contribution in [0, 0.1) is 0 Å². The van der Waals surface area contributed by atoms with Crippen molar-refractivity contribution in [1.82, 2.24) is 19.4 Å². The number of benzene rings is 1. The van der Waals surface area contributed by atoms with Crippen LogP contribution in [0.5, 0.6) is 0 Å². The van der Waals surface area contributed by atoms with Gasteiger partial charge in [-0.1, -0.05) is 6.58 Å². The normalized spacial score (nSPS) is 18.1. The summed E-state index contributed by atoms with van der Waals surface area (Å²) < 4.78 is 41.7. The Labute approximate surface area is 223 Å². The van der Waals surface area contributed by atoms with Crippen LogP contribution in [-0.4, -0.2) is 71.5 Å². The van der Waals surface area contributed by atoms with Gasteiger partial charge in [-0.15, -0.1) is 0 Å². The summed E-state index contributed by atoms with van der Waals surface area (Å²) in [5.41, 5.74) is 2.07. The van der Waals surface area contributed by atoms with E-state index in [0.717, 1.165) is 61.5 Å². The first-order chi connectivity index (χ1) is 18.6. The molecular weight excluding hydrogens is 511 g/mol. The molecule has 0 spiro atoms. The third-order valence-corrected chi connectivity index (χ3v) is 7.40. The molecule has 39 heavy (non-hydrogen) atoms. The largest absolute Gasteiger partial charge is 0.433 e. The summed E-state index contributed by atoms with van der Waals surface area (Å²) >= 11 is 0. The average molecular weight is 542 g/mol. The number of nitrogens with one attached hydrogen (secondary N) is 1. The van der Waals surface area contributed by atoms with Gasteiger partial charge in [0.15, 0.2) is 0 Å². The van der Waals surface area contributed by atoms with Crippen molar-refractivity contribution in [2.75, 3.05) is 55.4 Å². The molecule has 1 saturated heterocycles. The number of aromatic nitrogens is 3. The van der Waals surface area contributed by atoms with Gasteiger partial charge in [0.25, 0.3) is 5.91 Å². The van der Waals surface area contributed by atoms with Crippen molar-refractivity contribution in [1.29, 1.82) is 0 Å². The van der Waals surface area contributed by atoms with Crippen molar-refractivity contribution < 1.29 is 22.8 Å². The third-order valence-electron chi connectivity index (χ3n) is 7.40. The van der Waals surface area contributed by atoms with Gasteiger partial charge in [0.05, 0.1) is 28.5 Å². The number of alkyl halides is 3. The zero-order valence-corrected chi connectivity index (χ0v) is 21.8. The van der Waals surface area contributed by atoms with E-state index < -0.39 is 17.8 Å². The van der Waals surface area contributed by atoms with Gasteiger partial charge in [0, 0.05) is 52.0 Å². The van der Waals surface area contributed by atoms with Crippen LogP contribution in [0.1, 0.15) is 41.4 Å². The van der Waals surface area contributed by atoms with Crippen LogP contribution >= 0.6 is 0 Å². The lowest BCUT2D eigenvalue weighted by atomic mass is 10.1. The summed E-state index contributed by atoms with van der Waals surface area (Å²) in [6, 6.07) is 5.59. The number of likely N-dealkylation sites (N-methyl/N-ethyl adjacent to an activating group) is 2. The Morgan fingerprint density at radius 2 is 1.87 bits per heavy atom. The molecule has 1 fully saturated rings. The number of hydrogen-bond acceptors (Lipinski definition) is 6. The van der Waals surface area contributed by atoms with E-state index in [4.69, 9.17) is 4.98 Å². The fraction of sp³-hybridized carbons (Fsp3) is 0.407. The SMILES string of the molecule is C=CC(=O)N1CCCC[C@@H](n2c(NC(=O)c3ccnc(C(F)(F)F)c3)nc3ccc4c(c32)N(C)CCN4C)C1. The second-order valence-electron chi connectivity index (χ2n) is 9.97. The second kappa shape index (κ2) is 10.2. The molecule has 5 rings (SSSR count). The van der Waals surface area contributed by atoms with Gasteiger partial charge in [-0.2, -0.15) is 13.2 Å².